The van der Waals surface area contributed by atoms with Crippen LogP contribution in [0.4, 0.5) is 0 Å². The Kier molecular flexibility index (Phi) is 22.6. The smallest absolute Gasteiger partial charge is 1.00 e. The maximum absolute atomic E-state index is 6.48. The van der Waals surface area contributed by atoms with Crippen LogP contribution in [-0.2, 0) is 0 Å². The van der Waals surface area contributed by atoms with Gasteiger partial charge < -0.3 is 18.1 Å². The third kappa shape index (κ3) is 17.7. The van der Waals surface area contributed by atoms with Crippen LogP contribution in [0.3, 0.4) is 0 Å². The van der Waals surface area contributed by atoms with E-state index in [1.807, 2.05) is 5.16 Å². The van der Waals surface area contributed by atoms with Crippen molar-refractivity contribution in [2.24, 2.45) is 10.8 Å². The van der Waals surface area contributed by atoms with E-state index in [2.05, 4.69) is 22.7 Å². The number of thiocarbonyl (C=S) groups is 1. The molecule has 4 N–H and O–H groups in total. The fourth-order valence-corrected chi connectivity index (χ4v) is 0.129. The SMILES string of the molecule is N=C(N)NN=C=S.[Cl-].[Cs+]. The third-order valence-electron chi connectivity index (χ3n) is 0.222. The minimum atomic E-state index is -0.239. The number of nitrogens with one attached hydrogen (secondary N) is 2. The maximum atomic E-state index is 6.48. The molecule has 0 rings (SSSR count). The second-order valence-electron chi connectivity index (χ2n) is 0.729. The number of guanidine groups is 1. The molecule has 0 atom stereocenters. The van der Waals surface area contributed by atoms with E-state index in [-0.39, 0.29) is 87.3 Å². The van der Waals surface area contributed by atoms with Gasteiger partial charge in [-0.15, -0.1) is 5.10 Å². The molecule has 0 unspecified atom stereocenters. The Morgan fingerprint density at radius 1 is 1.78 bits per heavy atom. The first-order valence-corrected chi connectivity index (χ1v) is 1.85. The van der Waals surface area contributed by atoms with Crippen LogP contribution in [-0.4, -0.2) is 11.1 Å². The van der Waals surface area contributed by atoms with Crippen LogP contribution in [0.2, 0.25) is 0 Å². The summed E-state index contributed by atoms with van der Waals surface area (Å²) in [6, 6.07) is 0. The number of halogens is 1. The molecule has 0 aliphatic heterocycles. The maximum Gasteiger partial charge on any atom is 1.00 e. The van der Waals surface area contributed by atoms with Gasteiger partial charge in [0.1, 0.15) is 0 Å². The molecule has 0 saturated carbocycles. The first-order chi connectivity index (χ1) is 3.27. The Morgan fingerprint density at radius 2 is 2.22 bits per heavy atom. The van der Waals surface area contributed by atoms with Gasteiger partial charge in [-0.05, 0) is 12.2 Å². The van der Waals surface area contributed by atoms with Crippen LogP contribution < -0.4 is 92.5 Å². The van der Waals surface area contributed by atoms with Crippen LogP contribution in [0.15, 0.2) is 5.10 Å². The molecule has 0 saturated heterocycles. The largest absolute Gasteiger partial charge is 1.00 e. The van der Waals surface area contributed by atoms with Gasteiger partial charge in [-0.2, -0.15) is 0 Å². The third-order valence-corrected chi connectivity index (χ3v) is 0.313. The Hall–Kier alpha value is 1.41. The molecule has 0 aliphatic carbocycles. The molecule has 9 heavy (non-hydrogen) atoms. The van der Waals surface area contributed by atoms with Crippen molar-refractivity contribution in [3.8, 4) is 0 Å². The van der Waals surface area contributed by atoms with Gasteiger partial charge in [0.05, 0.1) is 5.16 Å². The molecule has 0 aromatic heterocycles. The average Bonchev–Trinajstić information content (AvgIpc) is 1.61. The summed E-state index contributed by atoms with van der Waals surface area (Å²) < 4.78 is 0. The second-order valence-corrected chi connectivity index (χ2v) is 0.911. The molecule has 0 aromatic carbocycles. The second kappa shape index (κ2) is 12.1. The Bertz CT molecular complexity index is 122. The van der Waals surface area contributed by atoms with Crippen LogP contribution in [0, 0.1) is 5.41 Å². The van der Waals surface area contributed by atoms with Gasteiger partial charge in [0.15, 0.2) is 0 Å². The molecule has 7 heteroatoms. The van der Waals surface area contributed by atoms with Crippen LogP contribution in [0.25, 0.3) is 0 Å². The number of rotatable bonds is 1. The van der Waals surface area contributed by atoms with E-state index < -0.39 is 0 Å². The number of hydrazone groups is 1. The molecule has 0 fully saturated rings. The van der Waals surface area contributed by atoms with E-state index in [0.717, 1.165) is 0 Å². The van der Waals surface area contributed by atoms with Crippen LogP contribution >= 0.6 is 12.2 Å². The molecule has 0 aliphatic rings. The van der Waals surface area contributed by atoms with E-state index in [9.17, 15) is 0 Å². The van der Waals surface area contributed by atoms with Gasteiger partial charge >= 0.3 is 68.9 Å². The number of nitrogens with zero attached hydrogens (tertiary/aromatic N) is 1. The molecule has 4 nitrogen and oxygen atoms in total. The monoisotopic (exact) mass is 284 g/mol. The van der Waals surface area contributed by atoms with Gasteiger partial charge in [0.2, 0.25) is 5.96 Å². The van der Waals surface area contributed by atoms with Gasteiger partial charge in [-0.25, -0.2) is 5.43 Å². The molecule has 0 spiro atoms. The molecule has 0 heterocycles. The van der Waals surface area contributed by atoms with E-state index in [4.69, 9.17) is 11.1 Å². The average molecular weight is 285 g/mol. The fraction of sp³-hybridized carbons (Fsp3) is 0. The molecule has 0 aromatic rings. The van der Waals surface area contributed by atoms with E-state index >= 15 is 0 Å². The minimum Gasteiger partial charge on any atom is -1.00 e. The summed E-state index contributed by atoms with van der Waals surface area (Å²) in [4.78, 5) is 0. The summed E-state index contributed by atoms with van der Waals surface area (Å²) in [5.74, 6) is -0.239. The van der Waals surface area contributed by atoms with Gasteiger partial charge in [0.25, 0.3) is 0 Å². The van der Waals surface area contributed by atoms with Crippen molar-refractivity contribution < 1.29 is 81.3 Å². The van der Waals surface area contributed by atoms with Gasteiger partial charge in [0, 0.05) is 0 Å². The summed E-state index contributed by atoms with van der Waals surface area (Å²) in [6.45, 7) is 0. The van der Waals surface area contributed by atoms with E-state index in [1.165, 1.54) is 0 Å². The molecular formula is C2H4ClCsN4S. The van der Waals surface area contributed by atoms with Crippen molar-refractivity contribution in [3.05, 3.63) is 0 Å². The minimum absolute atomic E-state index is 0. The summed E-state index contributed by atoms with van der Waals surface area (Å²) in [7, 11) is 0. The first kappa shape index (κ1) is 16.8. The Labute approximate surface area is 123 Å². The summed E-state index contributed by atoms with van der Waals surface area (Å²) >= 11 is 4.14. The zero-order valence-electron chi connectivity index (χ0n) is 4.81. The first-order valence-electron chi connectivity index (χ1n) is 1.44. The van der Waals surface area contributed by atoms with Gasteiger partial charge in [-0.3, -0.25) is 5.41 Å². The quantitative estimate of drug-likeness (QED) is 0.194. The molecular weight excluding hydrogens is 280 g/mol. The number of nitrogens with two attached hydrogens (primary N) is 1. The summed E-state index contributed by atoms with van der Waals surface area (Å²) in [5, 5.41) is 11.6. The van der Waals surface area contributed by atoms with Crippen molar-refractivity contribution in [2.75, 3.05) is 0 Å². The van der Waals surface area contributed by atoms with Gasteiger partial charge in [-0.1, -0.05) is 0 Å². The van der Waals surface area contributed by atoms with Crippen molar-refractivity contribution in [1.29, 1.82) is 5.41 Å². The molecule has 0 bridgehead atoms. The normalized spacial score (nSPS) is 4.89. The summed E-state index contributed by atoms with van der Waals surface area (Å²) in [5.41, 5.74) is 6.84. The predicted octanol–water partition coefficient (Wildman–Crippen LogP) is -6.50. The van der Waals surface area contributed by atoms with Crippen molar-refractivity contribution in [1.82, 2.24) is 5.43 Å². The number of isothiocyanates is 1. The predicted molar refractivity (Wildman–Crippen MR) is 30.1 cm³/mol. The number of hydrogen-bond donors (Lipinski definition) is 3. The van der Waals surface area contributed by atoms with E-state index in [1.54, 1.807) is 0 Å². The molecule has 46 valence electrons. The Morgan fingerprint density at radius 3 is 2.33 bits per heavy atom. The zero-order valence-corrected chi connectivity index (χ0v) is 12.7. The van der Waals surface area contributed by atoms with E-state index in [0.29, 0.717) is 0 Å². The van der Waals surface area contributed by atoms with Crippen molar-refractivity contribution >= 4 is 23.3 Å². The molecule has 0 radical (unpaired) electrons. The Balaban J connectivity index is -0.000000180. The van der Waals surface area contributed by atoms with Crippen LogP contribution in [0.1, 0.15) is 0 Å². The summed E-state index contributed by atoms with van der Waals surface area (Å²) in [6.07, 6.45) is 0. The fourth-order valence-electron chi connectivity index (χ4n) is 0.0830. The molecule has 0 amide bonds. The topological polar surface area (TPSA) is 74.3 Å². The standard InChI is InChI=1S/C2H4N4S.ClH.Cs/c3-2(4)6-5-1-7;;/h(H4,3,4,6);1H;/q;;+1/p-1. The van der Waals surface area contributed by atoms with Crippen molar-refractivity contribution in [3.63, 3.8) is 0 Å². The van der Waals surface area contributed by atoms with Crippen LogP contribution in [0.5, 0.6) is 0 Å². The zero-order chi connectivity index (χ0) is 5.70. The number of hydrogen-bond acceptors (Lipinski definition) is 3. The van der Waals surface area contributed by atoms with Crippen molar-refractivity contribution in [2.45, 2.75) is 0 Å².